The molecule has 15 heavy (non-hydrogen) atoms. The first-order chi connectivity index (χ1) is 6.79. The number of hydrogen-bond acceptors (Lipinski definition) is 1. The average Bonchev–Trinajstić information content (AvgIpc) is 2.00. The number of rotatable bonds is 0. The van der Waals surface area contributed by atoms with Crippen LogP contribution < -0.4 is 0 Å². The van der Waals surface area contributed by atoms with Gasteiger partial charge in [-0.25, -0.2) is 13.2 Å². The molecule has 0 fully saturated rings. The van der Waals surface area contributed by atoms with E-state index in [0.717, 1.165) is 6.07 Å². The molecule has 0 bridgehead atoms. The van der Waals surface area contributed by atoms with E-state index in [1.165, 1.54) is 0 Å². The molecule has 0 spiro atoms. The number of alkyl halides is 3. The van der Waals surface area contributed by atoms with E-state index in [0.29, 0.717) is 0 Å². The van der Waals surface area contributed by atoms with E-state index < -0.39 is 34.8 Å². The largest absolute Gasteiger partial charge is 0.422 e. The summed E-state index contributed by atoms with van der Waals surface area (Å²) in [5.74, 6) is -5.99. The fourth-order valence-electron chi connectivity index (χ4n) is 0.953. The maximum Gasteiger partial charge on any atom is 0.422 e. The van der Waals surface area contributed by atoms with Crippen molar-refractivity contribution in [3.8, 4) is 6.07 Å². The quantitative estimate of drug-likeness (QED) is 0.622. The van der Waals surface area contributed by atoms with Gasteiger partial charge < -0.3 is 0 Å². The molecule has 0 N–H and O–H groups in total. The Bertz CT molecular complexity index is 442. The van der Waals surface area contributed by atoms with Crippen LogP contribution in [-0.4, -0.2) is 0 Å². The van der Waals surface area contributed by atoms with Crippen LogP contribution >= 0.6 is 0 Å². The topological polar surface area (TPSA) is 23.8 Å². The molecule has 0 heterocycles. The second-order valence-corrected chi connectivity index (χ2v) is 2.51. The lowest BCUT2D eigenvalue weighted by Gasteiger charge is -2.09. The van der Waals surface area contributed by atoms with Crippen molar-refractivity contribution in [3.63, 3.8) is 0 Å². The predicted octanol–water partition coefficient (Wildman–Crippen LogP) is 2.99. The van der Waals surface area contributed by atoms with Gasteiger partial charge in [-0.2, -0.15) is 18.4 Å². The number of halogens is 6. The van der Waals surface area contributed by atoms with Crippen molar-refractivity contribution in [1.82, 2.24) is 0 Å². The molecule has 0 atom stereocenters. The minimum absolute atomic E-state index is 0.176. The summed E-state index contributed by atoms with van der Waals surface area (Å²) in [6.45, 7) is 0. The molecule has 0 radical (unpaired) electrons. The highest BCUT2D eigenvalue weighted by molar-refractivity contribution is 5.38. The first-order valence-electron chi connectivity index (χ1n) is 3.43. The normalized spacial score (nSPS) is 11.3. The van der Waals surface area contributed by atoms with Crippen molar-refractivity contribution in [2.45, 2.75) is 6.18 Å². The first kappa shape index (κ1) is 11.4. The monoisotopic (exact) mass is 225 g/mol. The van der Waals surface area contributed by atoms with Crippen LogP contribution in [0.2, 0.25) is 0 Å². The highest BCUT2D eigenvalue weighted by Crippen LogP contribution is 2.35. The summed E-state index contributed by atoms with van der Waals surface area (Å²) in [6.07, 6.45) is -5.31. The molecule has 1 aromatic carbocycles. The van der Waals surface area contributed by atoms with Gasteiger partial charge >= 0.3 is 6.18 Å². The van der Waals surface area contributed by atoms with Gasteiger partial charge in [0.2, 0.25) is 0 Å². The first-order valence-corrected chi connectivity index (χ1v) is 3.43. The van der Waals surface area contributed by atoms with Crippen LogP contribution in [0.3, 0.4) is 0 Å². The zero-order valence-electron chi connectivity index (χ0n) is 6.79. The maximum absolute atomic E-state index is 12.9. The van der Waals surface area contributed by atoms with Crippen molar-refractivity contribution < 1.29 is 26.3 Å². The van der Waals surface area contributed by atoms with Gasteiger partial charge in [0.05, 0.1) is 0 Å². The van der Waals surface area contributed by atoms with Crippen molar-refractivity contribution in [2.24, 2.45) is 0 Å². The summed E-state index contributed by atoms with van der Waals surface area (Å²) in [6, 6.07) is 0.710. The van der Waals surface area contributed by atoms with E-state index in [4.69, 9.17) is 5.26 Å². The summed E-state index contributed by atoms with van der Waals surface area (Å²) in [5.41, 5.74) is -3.72. The Morgan fingerprint density at radius 2 is 1.60 bits per heavy atom. The van der Waals surface area contributed by atoms with Crippen LogP contribution in [-0.2, 0) is 6.18 Å². The Kier molecular flexibility index (Phi) is 2.62. The van der Waals surface area contributed by atoms with Crippen molar-refractivity contribution in [1.29, 1.82) is 5.26 Å². The van der Waals surface area contributed by atoms with Gasteiger partial charge in [0, 0.05) is 6.07 Å². The molecule has 0 saturated carbocycles. The molecular weight excluding hydrogens is 224 g/mol. The Hall–Kier alpha value is -1.71. The Morgan fingerprint density at radius 1 is 1.07 bits per heavy atom. The lowest BCUT2D eigenvalue weighted by Crippen LogP contribution is -2.13. The summed E-state index contributed by atoms with van der Waals surface area (Å²) in [5, 5.41) is 8.16. The third-order valence-corrected chi connectivity index (χ3v) is 1.57. The Balaban J connectivity index is 3.63. The zero-order valence-corrected chi connectivity index (χ0v) is 6.79. The molecule has 7 heteroatoms. The molecule has 0 aliphatic heterocycles. The summed E-state index contributed by atoms with van der Waals surface area (Å²) in [4.78, 5) is 0. The average molecular weight is 225 g/mol. The van der Waals surface area contributed by atoms with Crippen LogP contribution in [0, 0.1) is 28.8 Å². The predicted molar refractivity (Wildman–Crippen MR) is 36.0 cm³/mol. The van der Waals surface area contributed by atoms with Gasteiger partial charge in [-0.05, 0) is 0 Å². The fraction of sp³-hybridized carbons (Fsp3) is 0.125. The van der Waals surface area contributed by atoms with E-state index in [9.17, 15) is 26.3 Å². The van der Waals surface area contributed by atoms with Crippen LogP contribution in [0.1, 0.15) is 11.1 Å². The highest BCUT2D eigenvalue weighted by Gasteiger charge is 2.39. The molecular formula is C8HF6N. The van der Waals surface area contributed by atoms with E-state index in [1.807, 2.05) is 0 Å². The van der Waals surface area contributed by atoms with Crippen LogP contribution in [0.25, 0.3) is 0 Å². The lowest BCUT2D eigenvalue weighted by molar-refractivity contribution is -0.142. The minimum Gasteiger partial charge on any atom is -0.206 e. The minimum atomic E-state index is -5.31. The van der Waals surface area contributed by atoms with Gasteiger partial charge in [0.15, 0.2) is 5.82 Å². The third-order valence-electron chi connectivity index (χ3n) is 1.57. The van der Waals surface area contributed by atoms with E-state index in [-0.39, 0.29) is 6.07 Å². The Labute approximate surface area is 79.5 Å². The second-order valence-electron chi connectivity index (χ2n) is 2.51. The zero-order chi connectivity index (χ0) is 11.8. The summed E-state index contributed by atoms with van der Waals surface area (Å²) < 4.78 is 74.2. The summed E-state index contributed by atoms with van der Waals surface area (Å²) >= 11 is 0. The van der Waals surface area contributed by atoms with Gasteiger partial charge in [-0.15, -0.1) is 0 Å². The van der Waals surface area contributed by atoms with Crippen molar-refractivity contribution in [3.05, 3.63) is 34.6 Å². The molecule has 0 unspecified atom stereocenters. The fourth-order valence-corrected chi connectivity index (χ4v) is 0.953. The number of hydrogen-bond donors (Lipinski definition) is 0. The van der Waals surface area contributed by atoms with E-state index in [2.05, 4.69) is 0 Å². The van der Waals surface area contributed by atoms with Crippen LogP contribution in [0.4, 0.5) is 26.3 Å². The molecule has 1 aromatic rings. The SMILES string of the molecule is N#Cc1c(F)cc(F)c(C(F)(F)F)c1F. The molecule has 0 saturated heterocycles. The molecule has 1 rings (SSSR count). The summed E-state index contributed by atoms with van der Waals surface area (Å²) in [7, 11) is 0. The van der Waals surface area contributed by atoms with E-state index >= 15 is 0 Å². The Morgan fingerprint density at radius 3 is 2.00 bits per heavy atom. The number of benzene rings is 1. The molecule has 1 nitrogen and oxygen atoms in total. The molecule has 0 aliphatic rings. The molecule has 0 aromatic heterocycles. The maximum atomic E-state index is 12.9. The highest BCUT2D eigenvalue weighted by atomic mass is 19.4. The van der Waals surface area contributed by atoms with E-state index in [1.54, 1.807) is 0 Å². The smallest absolute Gasteiger partial charge is 0.206 e. The number of nitrogens with zero attached hydrogens (tertiary/aromatic N) is 1. The van der Waals surface area contributed by atoms with Gasteiger partial charge in [-0.1, -0.05) is 0 Å². The van der Waals surface area contributed by atoms with Gasteiger partial charge in [-0.3, -0.25) is 0 Å². The number of nitriles is 1. The molecule has 0 amide bonds. The van der Waals surface area contributed by atoms with Crippen molar-refractivity contribution >= 4 is 0 Å². The standard InChI is InChI=1S/C8HF6N/c9-4-1-5(10)6(8(12,13)14)7(11)3(4)2-15/h1H. The van der Waals surface area contributed by atoms with Crippen LogP contribution in [0.5, 0.6) is 0 Å². The lowest BCUT2D eigenvalue weighted by atomic mass is 10.1. The van der Waals surface area contributed by atoms with Gasteiger partial charge in [0.25, 0.3) is 0 Å². The van der Waals surface area contributed by atoms with Crippen molar-refractivity contribution in [2.75, 3.05) is 0 Å². The second kappa shape index (κ2) is 3.46. The molecule has 80 valence electrons. The third kappa shape index (κ3) is 1.88. The van der Waals surface area contributed by atoms with Crippen LogP contribution in [0.15, 0.2) is 6.07 Å². The molecule has 0 aliphatic carbocycles. The van der Waals surface area contributed by atoms with Gasteiger partial charge in [0.1, 0.15) is 28.8 Å².